The topological polar surface area (TPSA) is 172 Å². The quantitative estimate of drug-likeness (QED) is 0.386. The summed E-state index contributed by atoms with van der Waals surface area (Å²) in [6.45, 7) is -0.550. The molecule has 11 nitrogen and oxygen atoms in total. The van der Waals surface area contributed by atoms with Crippen LogP contribution in [-0.4, -0.2) is 43.2 Å². The molecule has 3 heterocycles. The van der Waals surface area contributed by atoms with Crippen molar-refractivity contribution in [3.05, 3.63) is 12.7 Å². The molecule has 0 amide bonds. The summed E-state index contributed by atoms with van der Waals surface area (Å²) >= 11 is 0. The van der Waals surface area contributed by atoms with Crippen molar-refractivity contribution in [2.75, 3.05) is 12.3 Å². The molecule has 0 aromatic carbocycles. The second-order valence-corrected chi connectivity index (χ2v) is 5.95. The fourth-order valence-electron chi connectivity index (χ4n) is 2.27. The number of nitrogens with zero attached hydrogens (tertiary/aromatic N) is 4. The monoisotopic (exact) mass is 375 g/mol. The van der Waals surface area contributed by atoms with Crippen molar-refractivity contribution in [2.24, 2.45) is 0 Å². The molecule has 0 bridgehead atoms. The molecule has 1 fully saturated rings. The van der Waals surface area contributed by atoms with Gasteiger partial charge in [-0.2, -0.15) is 0 Å². The Hall–Kier alpha value is 0.380. The van der Waals surface area contributed by atoms with Gasteiger partial charge in [0, 0.05) is 0 Å². The first-order valence-electron chi connectivity index (χ1n) is 6.28. The summed E-state index contributed by atoms with van der Waals surface area (Å²) in [7, 11) is -4.90. The van der Waals surface area contributed by atoms with Crippen molar-refractivity contribution in [1.29, 1.82) is 0 Å². The standard InChI is InChI=1S/C10H13N5O6P.2Na/c11-9-8-10(13-3-12-9)15(4-14-8)7-1-5(16)6(21-7)2-20-22(17,18)19;;/h3-7H,1-2H2,(H2,11,12,13)(H2,17,18,19);;/q-1;2*+1/p-1/t5-,6+,7+;;/m0../s1. The predicted octanol–water partition coefficient (Wildman–Crippen LogP) is -8.09. The Morgan fingerprint density at radius 2 is 2.17 bits per heavy atom. The number of hydrogen-bond donors (Lipinski definition) is 2. The maximum Gasteiger partial charge on any atom is 1.00 e. The molecule has 2 aromatic rings. The zero-order chi connectivity index (χ0) is 15.9. The molecular weight excluding hydrogens is 363 g/mol. The summed E-state index contributed by atoms with van der Waals surface area (Å²) in [4.78, 5) is 31.0. The maximum atomic E-state index is 11.9. The van der Waals surface area contributed by atoms with Crippen LogP contribution in [0.1, 0.15) is 12.6 Å². The van der Waals surface area contributed by atoms with E-state index in [-0.39, 0.29) is 71.4 Å². The number of rotatable bonds is 4. The summed E-state index contributed by atoms with van der Waals surface area (Å²) in [5.74, 6) is 0.202. The average molecular weight is 375 g/mol. The Balaban J connectivity index is 0.00000144. The molecule has 1 aliphatic heterocycles. The molecule has 14 heteroatoms. The zero-order valence-electron chi connectivity index (χ0n) is 13.1. The van der Waals surface area contributed by atoms with Crippen LogP contribution in [0, 0.1) is 0 Å². The van der Waals surface area contributed by atoms with Gasteiger partial charge in [0.1, 0.15) is 18.1 Å². The zero-order valence-corrected chi connectivity index (χ0v) is 18.0. The molecule has 0 aliphatic carbocycles. The molecule has 120 valence electrons. The first kappa shape index (κ1) is 22.4. The molecule has 4 atom stereocenters. The number of phosphoric acid groups is 1. The van der Waals surface area contributed by atoms with E-state index in [0.29, 0.717) is 11.2 Å². The Labute approximate surface area is 180 Å². The van der Waals surface area contributed by atoms with Crippen LogP contribution in [0.5, 0.6) is 0 Å². The Morgan fingerprint density at radius 3 is 2.83 bits per heavy atom. The van der Waals surface area contributed by atoms with Gasteiger partial charge < -0.3 is 29.9 Å². The first-order valence-corrected chi connectivity index (χ1v) is 7.77. The van der Waals surface area contributed by atoms with Crippen molar-refractivity contribution < 1.29 is 87.8 Å². The van der Waals surface area contributed by atoms with Gasteiger partial charge in [-0.1, -0.05) is 6.10 Å². The minimum absolute atomic E-state index is 0. The maximum absolute atomic E-state index is 11.9. The van der Waals surface area contributed by atoms with Gasteiger partial charge in [-0.05, 0) is 6.42 Å². The number of hydrogen-bond acceptors (Lipinski definition) is 9. The van der Waals surface area contributed by atoms with Crippen molar-refractivity contribution in [3.63, 3.8) is 0 Å². The molecule has 3 rings (SSSR count). The number of ether oxygens (including phenoxy) is 1. The summed E-state index contributed by atoms with van der Waals surface area (Å²) < 4.78 is 21.8. The van der Waals surface area contributed by atoms with E-state index >= 15 is 0 Å². The number of nitrogen functional groups attached to an aromatic ring is 1. The fourth-order valence-corrected chi connectivity index (χ4v) is 2.60. The minimum atomic E-state index is -4.90. The second kappa shape index (κ2) is 8.85. The summed E-state index contributed by atoms with van der Waals surface area (Å²) in [5, 5.41) is 11.9. The SMILES string of the molecule is Nc1ncnc2c1ncn2[C@H]1C[C@H]([O-])[C@@H](COP(=O)([O-])O)O1.[Na+].[Na+]. The third-order valence-corrected chi connectivity index (χ3v) is 3.76. The third kappa shape index (κ3) is 4.97. The third-order valence-electron chi connectivity index (χ3n) is 3.28. The molecular formula is C10H12N5Na2O6P. The molecule has 0 radical (unpaired) electrons. The van der Waals surface area contributed by atoms with Crippen LogP contribution in [0.25, 0.3) is 11.2 Å². The number of imidazole rings is 1. The molecule has 2 aromatic heterocycles. The van der Waals surface area contributed by atoms with Crippen molar-refractivity contribution in [2.45, 2.75) is 24.9 Å². The first-order chi connectivity index (χ1) is 10.3. The van der Waals surface area contributed by atoms with E-state index in [4.69, 9.17) is 15.4 Å². The molecule has 1 unspecified atom stereocenters. The average Bonchev–Trinajstić information content (AvgIpc) is 3.00. The van der Waals surface area contributed by atoms with Crippen LogP contribution in [-0.2, 0) is 13.8 Å². The van der Waals surface area contributed by atoms with Crippen LogP contribution in [0.2, 0.25) is 0 Å². The Kier molecular flexibility index (Phi) is 8.27. The molecule has 0 spiro atoms. The van der Waals surface area contributed by atoms with Crippen LogP contribution >= 0.6 is 7.82 Å². The largest absolute Gasteiger partial charge is 1.00 e. The van der Waals surface area contributed by atoms with Crippen LogP contribution in [0.15, 0.2) is 12.7 Å². The van der Waals surface area contributed by atoms with E-state index in [1.54, 1.807) is 0 Å². The molecule has 0 saturated carbocycles. The number of aromatic nitrogens is 4. The van der Waals surface area contributed by atoms with E-state index in [0.717, 1.165) is 0 Å². The van der Waals surface area contributed by atoms with E-state index in [9.17, 15) is 14.6 Å². The van der Waals surface area contributed by atoms with Crippen LogP contribution < -0.4 is 74.8 Å². The van der Waals surface area contributed by atoms with Crippen LogP contribution in [0.4, 0.5) is 5.82 Å². The van der Waals surface area contributed by atoms with Gasteiger partial charge in [0.15, 0.2) is 11.5 Å². The van der Waals surface area contributed by atoms with Gasteiger partial charge in [0.05, 0.1) is 19.0 Å². The van der Waals surface area contributed by atoms with Gasteiger partial charge in [-0.15, -0.1) is 0 Å². The van der Waals surface area contributed by atoms with E-state index in [1.165, 1.54) is 17.2 Å². The predicted molar refractivity (Wildman–Crippen MR) is 67.8 cm³/mol. The van der Waals surface area contributed by atoms with Crippen molar-refractivity contribution in [3.8, 4) is 0 Å². The second-order valence-electron chi connectivity index (χ2n) is 4.75. The Bertz CT molecular complexity index is 742. The van der Waals surface area contributed by atoms with Crippen molar-refractivity contribution >= 4 is 24.8 Å². The van der Waals surface area contributed by atoms with Gasteiger partial charge >= 0.3 is 59.1 Å². The van der Waals surface area contributed by atoms with Crippen molar-refractivity contribution in [1.82, 2.24) is 19.5 Å². The summed E-state index contributed by atoms with van der Waals surface area (Å²) in [5.41, 5.74) is 6.46. The molecule has 3 N–H and O–H groups in total. The van der Waals surface area contributed by atoms with Gasteiger partial charge in [-0.25, -0.2) is 15.0 Å². The smallest absolute Gasteiger partial charge is 0.850 e. The van der Waals surface area contributed by atoms with Gasteiger partial charge in [0.25, 0.3) is 7.82 Å². The molecule has 24 heavy (non-hydrogen) atoms. The number of nitrogens with two attached hydrogens (primary N) is 1. The summed E-state index contributed by atoms with van der Waals surface area (Å²) in [6.07, 6.45) is -0.164. The number of anilines is 1. The summed E-state index contributed by atoms with van der Waals surface area (Å²) in [6, 6.07) is 0. The van der Waals surface area contributed by atoms with E-state index in [2.05, 4.69) is 19.5 Å². The molecule has 1 saturated heterocycles. The van der Waals surface area contributed by atoms with E-state index < -0.39 is 32.9 Å². The normalized spacial score (nSPS) is 25.7. The number of fused-ring (bicyclic) bond motifs is 1. The minimum Gasteiger partial charge on any atom is -0.850 e. The van der Waals surface area contributed by atoms with E-state index in [1.807, 2.05) is 0 Å². The molecule has 1 aliphatic rings. The van der Waals surface area contributed by atoms with Gasteiger partial charge in [0.2, 0.25) is 0 Å². The fraction of sp³-hybridized carbons (Fsp3) is 0.500. The van der Waals surface area contributed by atoms with Crippen LogP contribution in [0.3, 0.4) is 0 Å². The Morgan fingerprint density at radius 1 is 1.46 bits per heavy atom. The number of phosphoric ester groups is 1. The van der Waals surface area contributed by atoms with Gasteiger partial charge in [-0.3, -0.25) is 9.13 Å².